The molecule has 1 aliphatic rings. The van der Waals surface area contributed by atoms with Crippen LogP contribution in [0.15, 0.2) is 36.7 Å². The van der Waals surface area contributed by atoms with E-state index in [1.807, 2.05) is 18.2 Å². The number of anilines is 1. The molecule has 0 atom stereocenters. The highest BCUT2D eigenvalue weighted by Crippen LogP contribution is 2.41. The number of carbonyl (C=O) groups is 1. The molecule has 1 aromatic carbocycles. The Morgan fingerprint density at radius 1 is 1.43 bits per heavy atom. The smallest absolute Gasteiger partial charge is 0.239 e. The van der Waals surface area contributed by atoms with Crippen molar-refractivity contribution >= 4 is 23.2 Å². The van der Waals surface area contributed by atoms with Gasteiger partial charge >= 0.3 is 0 Å². The number of carbonyl (C=O) groups excluding carboxylic acids is 1. The molecule has 1 amide bonds. The third-order valence-corrected chi connectivity index (χ3v) is 4.15. The monoisotopic (exact) mass is 304 g/mol. The molecule has 2 aromatic rings. The highest BCUT2D eigenvalue weighted by atomic mass is 35.5. The van der Waals surface area contributed by atoms with E-state index in [1.165, 1.54) is 10.2 Å². The van der Waals surface area contributed by atoms with Gasteiger partial charge in [-0.25, -0.2) is 0 Å². The number of hydrogen-bond acceptors (Lipinski definition) is 3. The molecule has 0 spiro atoms. The average Bonchev–Trinajstić information content (AvgIpc) is 2.81. The molecule has 1 fully saturated rings. The molecule has 0 bridgehead atoms. The fourth-order valence-corrected chi connectivity index (χ4v) is 3.01. The first-order valence-corrected chi connectivity index (χ1v) is 7.31. The van der Waals surface area contributed by atoms with E-state index in [0.29, 0.717) is 12.0 Å². The fourth-order valence-electron chi connectivity index (χ4n) is 2.72. The number of aromatic nitrogens is 2. The molecule has 0 saturated heterocycles. The second kappa shape index (κ2) is 5.77. The van der Waals surface area contributed by atoms with Crippen molar-refractivity contribution in [3.05, 3.63) is 47.2 Å². The Balaban J connectivity index is 1.54. The number of hydrogen-bond donors (Lipinski definition) is 2. The van der Waals surface area contributed by atoms with E-state index in [0.717, 1.165) is 23.6 Å². The minimum absolute atomic E-state index is 0.106. The lowest BCUT2D eigenvalue weighted by Crippen LogP contribution is -2.34. The van der Waals surface area contributed by atoms with Crippen molar-refractivity contribution in [2.75, 3.05) is 5.32 Å². The number of primary amides is 1. The van der Waals surface area contributed by atoms with Crippen LogP contribution in [0.1, 0.15) is 24.3 Å². The van der Waals surface area contributed by atoms with Crippen LogP contribution in [-0.4, -0.2) is 21.7 Å². The van der Waals surface area contributed by atoms with Crippen LogP contribution < -0.4 is 11.1 Å². The van der Waals surface area contributed by atoms with Gasteiger partial charge in [-0.05, 0) is 30.4 Å². The van der Waals surface area contributed by atoms with E-state index in [4.69, 9.17) is 17.3 Å². The lowest BCUT2D eigenvalue weighted by Gasteiger charge is -2.36. The van der Waals surface area contributed by atoms with Crippen LogP contribution in [0.3, 0.4) is 0 Å². The number of halogens is 1. The third kappa shape index (κ3) is 3.19. The summed E-state index contributed by atoms with van der Waals surface area (Å²) in [5, 5.41) is 8.35. The van der Waals surface area contributed by atoms with Crippen molar-refractivity contribution in [2.24, 2.45) is 5.73 Å². The molecule has 0 unspecified atom stereocenters. The largest absolute Gasteiger partial charge is 0.380 e. The van der Waals surface area contributed by atoms with Crippen molar-refractivity contribution in [1.82, 2.24) is 9.78 Å². The van der Waals surface area contributed by atoms with Crippen LogP contribution in [0.2, 0.25) is 5.02 Å². The lowest BCUT2D eigenvalue weighted by molar-refractivity contribution is -0.118. The normalized spacial score (nSPS) is 20.8. The Kier molecular flexibility index (Phi) is 3.84. The zero-order valence-corrected chi connectivity index (χ0v) is 12.3. The highest BCUT2D eigenvalue weighted by molar-refractivity contribution is 6.31. The minimum Gasteiger partial charge on any atom is -0.380 e. The second-order valence-electron chi connectivity index (χ2n) is 5.42. The number of nitrogens with two attached hydrogens (primary N) is 1. The van der Waals surface area contributed by atoms with Crippen LogP contribution in [-0.2, 0) is 11.3 Å². The van der Waals surface area contributed by atoms with Crippen LogP contribution in [0.4, 0.5) is 5.69 Å². The van der Waals surface area contributed by atoms with Crippen molar-refractivity contribution in [3.63, 3.8) is 0 Å². The minimum atomic E-state index is -0.396. The third-order valence-electron chi connectivity index (χ3n) is 3.80. The molecular weight excluding hydrogens is 288 g/mol. The van der Waals surface area contributed by atoms with E-state index in [2.05, 4.69) is 16.5 Å². The zero-order chi connectivity index (χ0) is 14.8. The van der Waals surface area contributed by atoms with Crippen LogP contribution in [0, 0.1) is 0 Å². The molecule has 1 aliphatic carbocycles. The standard InChI is InChI=1S/C15H17ClN4O/c16-14-4-2-1-3-13(14)10-5-11(6-10)19-12-7-18-20(8-12)9-15(17)21/h1-4,7-8,10-11,19H,5-6,9H2,(H2,17,21). The summed E-state index contributed by atoms with van der Waals surface area (Å²) in [6.07, 6.45) is 5.61. The summed E-state index contributed by atoms with van der Waals surface area (Å²) in [7, 11) is 0. The molecule has 110 valence electrons. The Morgan fingerprint density at radius 2 is 2.19 bits per heavy atom. The molecule has 3 N–H and O–H groups in total. The molecule has 6 heteroatoms. The van der Waals surface area contributed by atoms with E-state index in [-0.39, 0.29) is 6.54 Å². The molecule has 5 nitrogen and oxygen atoms in total. The van der Waals surface area contributed by atoms with Gasteiger partial charge in [-0.15, -0.1) is 0 Å². The SMILES string of the molecule is NC(=O)Cn1cc(NC2CC(c3ccccc3Cl)C2)cn1. The molecule has 1 saturated carbocycles. The summed E-state index contributed by atoms with van der Waals surface area (Å²) < 4.78 is 1.54. The first kappa shape index (κ1) is 13.9. The molecular formula is C15H17ClN4O. The summed E-state index contributed by atoms with van der Waals surface area (Å²) in [5.74, 6) is 0.115. The van der Waals surface area contributed by atoms with Gasteiger partial charge in [0.25, 0.3) is 0 Å². The predicted octanol–water partition coefficient (Wildman–Crippen LogP) is 2.38. The van der Waals surface area contributed by atoms with Gasteiger partial charge < -0.3 is 11.1 Å². The van der Waals surface area contributed by atoms with Gasteiger partial charge in [0.2, 0.25) is 5.91 Å². The summed E-state index contributed by atoms with van der Waals surface area (Å²) in [4.78, 5) is 10.8. The van der Waals surface area contributed by atoms with Gasteiger partial charge in [-0.1, -0.05) is 29.8 Å². The van der Waals surface area contributed by atoms with Crippen LogP contribution >= 0.6 is 11.6 Å². The maximum Gasteiger partial charge on any atom is 0.239 e. The van der Waals surface area contributed by atoms with E-state index >= 15 is 0 Å². The molecule has 21 heavy (non-hydrogen) atoms. The highest BCUT2D eigenvalue weighted by Gasteiger charge is 2.31. The van der Waals surface area contributed by atoms with Crippen molar-refractivity contribution in [2.45, 2.75) is 31.3 Å². The van der Waals surface area contributed by atoms with E-state index in [1.54, 1.807) is 12.4 Å². The Hall–Kier alpha value is -2.01. The zero-order valence-electron chi connectivity index (χ0n) is 11.5. The molecule has 0 aliphatic heterocycles. The molecule has 1 heterocycles. The Bertz CT molecular complexity index is 649. The fraction of sp³-hybridized carbons (Fsp3) is 0.333. The number of amides is 1. The number of benzene rings is 1. The Morgan fingerprint density at radius 3 is 2.90 bits per heavy atom. The van der Waals surface area contributed by atoms with Gasteiger partial charge in [0.1, 0.15) is 6.54 Å². The predicted molar refractivity (Wildman–Crippen MR) is 82.3 cm³/mol. The van der Waals surface area contributed by atoms with E-state index < -0.39 is 5.91 Å². The van der Waals surface area contributed by atoms with Gasteiger partial charge in [0, 0.05) is 17.3 Å². The summed E-state index contributed by atoms with van der Waals surface area (Å²) in [6.45, 7) is 0.106. The summed E-state index contributed by atoms with van der Waals surface area (Å²) in [6, 6.07) is 8.42. The van der Waals surface area contributed by atoms with Crippen LogP contribution in [0.5, 0.6) is 0 Å². The Labute approximate surface area is 128 Å². The maximum atomic E-state index is 10.8. The summed E-state index contributed by atoms with van der Waals surface area (Å²) in [5.41, 5.74) is 7.28. The second-order valence-corrected chi connectivity index (χ2v) is 5.83. The van der Waals surface area contributed by atoms with Crippen LogP contribution in [0.25, 0.3) is 0 Å². The van der Waals surface area contributed by atoms with Crippen molar-refractivity contribution in [1.29, 1.82) is 0 Å². The topological polar surface area (TPSA) is 72.9 Å². The summed E-state index contributed by atoms with van der Waals surface area (Å²) >= 11 is 6.21. The molecule has 0 radical (unpaired) electrons. The quantitative estimate of drug-likeness (QED) is 0.890. The van der Waals surface area contributed by atoms with Gasteiger partial charge in [-0.3, -0.25) is 9.48 Å². The number of rotatable bonds is 5. The van der Waals surface area contributed by atoms with E-state index in [9.17, 15) is 4.79 Å². The maximum absolute atomic E-state index is 10.8. The van der Waals surface area contributed by atoms with Gasteiger partial charge in [0.05, 0.1) is 11.9 Å². The first-order valence-electron chi connectivity index (χ1n) is 6.93. The number of nitrogens with zero attached hydrogens (tertiary/aromatic N) is 2. The molecule has 3 rings (SSSR count). The molecule has 1 aromatic heterocycles. The van der Waals surface area contributed by atoms with Crippen molar-refractivity contribution < 1.29 is 4.79 Å². The van der Waals surface area contributed by atoms with Crippen molar-refractivity contribution in [3.8, 4) is 0 Å². The lowest BCUT2D eigenvalue weighted by atomic mass is 9.76. The van der Waals surface area contributed by atoms with Gasteiger partial charge in [-0.2, -0.15) is 5.10 Å². The van der Waals surface area contributed by atoms with Gasteiger partial charge in [0.15, 0.2) is 0 Å². The number of nitrogens with one attached hydrogen (secondary N) is 1. The first-order chi connectivity index (χ1) is 10.1. The average molecular weight is 305 g/mol.